The molecule has 7 nitrogen and oxygen atoms in total. The van der Waals surface area contributed by atoms with Crippen molar-refractivity contribution in [2.45, 2.75) is 27.2 Å². The van der Waals surface area contributed by atoms with Crippen LogP contribution in [0.2, 0.25) is 0 Å². The lowest BCUT2D eigenvalue weighted by atomic mass is 10.1. The Morgan fingerprint density at radius 1 is 1.11 bits per heavy atom. The second kappa shape index (κ2) is 8.36. The Labute approximate surface area is 112 Å². The Balaban J connectivity index is 4.22. The first-order valence-electron chi connectivity index (χ1n) is 5.93. The van der Waals surface area contributed by atoms with Crippen LogP contribution in [0.5, 0.6) is 0 Å². The second-order valence-corrected chi connectivity index (χ2v) is 4.59. The van der Waals surface area contributed by atoms with Gasteiger partial charge in [0.25, 0.3) is 0 Å². The van der Waals surface area contributed by atoms with Crippen LogP contribution < -0.4 is 5.32 Å². The smallest absolute Gasteiger partial charge is 0.306 e. The summed E-state index contributed by atoms with van der Waals surface area (Å²) in [4.78, 5) is 45.5. The number of nitrogens with one attached hydrogen (secondary N) is 1. The van der Waals surface area contributed by atoms with Gasteiger partial charge in [-0.15, -0.1) is 0 Å². The number of Topliss-reactive ketones (excluding diaryl/α,β-unsaturated/α-hetero) is 2. The molecule has 0 fully saturated rings. The van der Waals surface area contributed by atoms with E-state index >= 15 is 0 Å². The van der Waals surface area contributed by atoms with Gasteiger partial charge >= 0.3 is 5.97 Å². The fourth-order valence-electron chi connectivity index (χ4n) is 1.44. The minimum atomic E-state index is -1.04. The van der Waals surface area contributed by atoms with Crippen LogP contribution in [0.25, 0.3) is 0 Å². The first-order chi connectivity index (χ1) is 8.72. The third-order valence-corrected chi connectivity index (χ3v) is 2.31. The predicted molar refractivity (Wildman–Crippen MR) is 67.4 cm³/mol. The van der Waals surface area contributed by atoms with Crippen molar-refractivity contribution in [3.8, 4) is 0 Å². The van der Waals surface area contributed by atoms with E-state index in [1.54, 1.807) is 0 Å². The van der Waals surface area contributed by atoms with Gasteiger partial charge in [0.05, 0.1) is 25.7 Å². The van der Waals surface area contributed by atoms with Crippen molar-refractivity contribution in [2.24, 2.45) is 5.92 Å². The molecule has 0 aromatic carbocycles. The van der Waals surface area contributed by atoms with Crippen molar-refractivity contribution < 1.29 is 24.3 Å². The molecule has 0 spiro atoms. The lowest BCUT2D eigenvalue weighted by molar-refractivity contribution is -0.143. The van der Waals surface area contributed by atoms with E-state index in [0.29, 0.717) is 0 Å². The molecule has 0 aliphatic heterocycles. The lowest BCUT2D eigenvalue weighted by Crippen LogP contribution is -2.42. The molecule has 1 unspecified atom stereocenters. The monoisotopic (exact) mass is 272 g/mol. The minimum Gasteiger partial charge on any atom is -0.481 e. The first-order valence-corrected chi connectivity index (χ1v) is 5.93. The molecule has 19 heavy (non-hydrogen) atoms. The number of rotatable bonds is 9. The Bertz CT molecular complexity index is 351. The van der Waals surface area contributed by atoms with Gasteiger partial charge in [-0.25, -0.2) is 0 Å². The highest BCUT2D eigenvalue weighted by molar-refractivity contribution is 5.82. The number of carboxylic acid groups (broad SMARTS) is 1. The molecule has 0 aliphatic rings. The number of carbonyl (C=O) groups excluding carboxylic acids is 3. The summed E-state index contributed by atoms with van der Waals surface area (Å²) >= 11 is 0. The predicted octanol–water partition coefficient (Wildman–Crippen LogP) is -0.349. The third kappa shape index (κ3) is 8.90. The highest BCUT2D eigenvalue weighted by Crippen LogP contribution is 2.01. The van der Waals surface area contributed by atoms with Gasteiger partial charge in [-0.1, -0.05) is 6.92 Å². The molecule has 0 radical (unpaired) electrons. The van der Waals surface area contributed by atoms with Crippen molar-refractivity contribution in [1.82, 2.24) is 10.2 Å². The van der Waals surface area contributed by atoms with Crippen molar-refractivity contribution in [1.29, 1.82) is 0 Å². The van der Waals surface area contributed by atoms with Gasteiger partial charge in [0.1, 0.15) is 11.6 Å². The quantitative estimate of drug-likeness (QED) is 0.556. The molecule has 0 aromatic heterocycles. The summed E-state index contributed by atoms with van der Waals surface area (Å²) in [5.74, 6) is -2.47. The van der Waals surface area contributed by atoms with Crippen molar-refractivity contribution >= 4 is 23.4 Å². The van der Waals surface area contributed by atoms with Crippen LogP contribution in [-0.2, 0) is 19.2 Å². The molecule has 108 valence electrons. The topological polar surface area (TPSA) is 104 Å². The van der Waals surface area contributed by atoms with Gasteiger partial charge in [-0.3, -0.25) is 24.1 Å². The molecule has 0 heterocycles. The molecule has 0 bridgehead atoms. The van der Waals surface area contributed by atoms with E-state index in [1.165, 1.54) is 25.7 Å². The SMILES string of the molecule is CC(=O)CN(CNC(=O)CC(C)C(=O)O)CC(C)=O. The van der Waals surface area contributed by atoms with Crippen molar-refractivity contribution in [3.63, 3.8) is 0 Å². The zero-order valence-electron chi connectivity index (χ0n) is 11.4. The molecule has 1 amide bonds. The largest absolute Gasteiger partial charge is 0.481 e. The zero-order chi connectivity index (χ0) is 15.0. The average Bonchev–Trinajstić information content (AvgIpc) is 2.24. The van der Waals surface area contributed by atoms with Crippen LogP contribution in [0.1, 0.15) is 27.2 Å². The highest BCUT2D eigenvalue weighted by Gasteiger charge is 2.17. The number of aliphatic carboxylic acids is 1. The number of hydrogen-bond donors (Lipinski definition) is 2. The fraction of sp³-hybridized carbons (Fsp3) is 0.667. The number of carbonyl (C=O) groups is 4. The second-order valence-electron chi connectivity index (χ2n) is 4.59. The Kier molecular flexibility index (Phi) is 7.59. The molecular weight excluding hydrogens is 252 g/mol. The van der Waals surface area contributed by atoms with Gasteiger partial charge in [0, 0.05) is 6.42 Å². The van der Waals surface area contributed by atoms with Crippen molar-refractivity contribution in [2.75, 3.05) is 19.8 Å². The normalized spacial score (nSPS) is 12.0. The van der Waals surface area contributed by atoms with Gasteiger partial charge in [-0.2, -0.15) is 0 Å². The first kappa shape index (κ1) is 17.2. The molecule has 0 aliphatic carbocycles. The summed E-state index contributed by atoms with van der Waals surface area (Å²) in [5, 5.41) is 11.2. The molecule has 0 aromatic rings. The van der Waals surface area contributed by atoms with E-state index in [2.05, 4.69) is 5.32 Å². The van der Waals surface area contributed by atoms with E-state index in [9.17, 15) is 19.2 Å². The number of ketones is 2. The molecular formula is C12H20N2O5. The Morgan fingerprint density at radius 3 is 1.95 bits per heavy atom. The number of hydrogen-bond acceptors (Lipinski definition) is 5. The maximum Gasteiger partial charge on any atom is 0.306 e. The summed E-state index contributed by atoms with van der Waals surface area (Å²) in [6.07, 6.45) is -0.136. The van der Waals surface area contributed by atoms with Crippen LogP contribution in [0, 0.1) is 5.92 Å². The highest BCUT2D eigenvalue weighted by atomic mass is 16.4. The summed E-state index contributed by atoms with van der Waals surface area (Å²) in [6.45, 7) is 4.39. The minimum absolute atomic E-state index is 0.0460. The molecule has 2 N–H and O–H groups in total. The Morgan fingerprint density at radius 2 is 1.58 bits per heavy atom. The van der Waals surface area contributed by atoms with Crippen LogP contribution >= 0.6 is 0 Å². The Hall–Kier alpha value is -1.76. The number of nitrogens with zero attached hydrogens (tertiary/aromatic N) is 1. The van der Waals surface area contributed by atoms with Crippen LogP contribution in [0.3, 0.4) is 0 Å². The molecule has 0 saturated carbocycles. The summed E-state index contributed by atoms with van der Waals surface area (Å²) in [5.41, 5.74) is 0. The molecule has 0 saturated heterocycles. The van der Waals surface area contributed by atoms with Gasteiger partial charge in [0.15, 0.2) is 0 Å². The molecule has 0 rings (SSSR count). The number of carboxylic acids is 1. The maximum atomic E-state index is 11.5. The maximum absolute atomic E-state index is 11.5. The lowest BCUT2D eigenvalue weighted by Gasteiger charge is -2.20. The standard InChI is InChI=1S/C12H20N2O5/c1-8(12(18)19)4-11(17)13-7-14(5-9(2)15)6-10(3)16/h8H,4-7H2,1-3H3,(H,13,17)(H,18,19). The summed E-state index contributed by atoms with van der Waals surface area (Å²) in [6, 6.07) is 0. The zero-order valence-corrected chi connectivity index (χ0v) is 11.4. The van der Waals surface area contributed by atoms with Gasteiger partial charge in [-0.05, 0) is 13.8 Å². The summed E-state index contributed by atoms with van der Waals surface area (Å²) in [7, 11) is 0. The summed E-state index contributed by atoms with van der Waals surface area (Å²) < 4.78 is 0. The van der Waals surface area contributed by atoms with Gasteiger partial charge < -0.3 is 10.4 Å². The van der Waals surface area contributed by atoms with Crippen LogP contribution in [0.15, 0.2) is 0 Å². The average molecular weight is 272 g/mol. The van der Waals surface area contributed by atoms with Crippen molar-refractivity contribution in [3.05, 3.63) is 0 Å². The number of amides is 1. The van der Waals surface area contributed by atoms with E-state index in [0.717, 1.165) is 0 Å². The van der Waals surface area contributed by atoms with Gasteiger partial charge in [0.2, 0.25) is 5.91 Å². The molecule has 1 atom stereocenters. The van der Waals surface area contributed by atoms with E-state index < -0.39 is 17.8 Å². The fourth-order valence-corrected chi connectivity index (χ4v) is 1.44. The van der Waals surface area contributed by atoms with E-state index in [-0.39, 0.29) is 37.7 Å². The molecule has 7 heteroatoms. The van der Waals surface area contributed by atoms with E-state index in [4.69, 9.17) is 5.11 Å². The van der Waals surface area contributed by atoms with Crippen LogP contribution in [0.4, 0.5) is 0 Å². The van der Waals surface area contributed by atoms with Crippen LogP contribution in [-0.4, -0.2) is 53.2 Å². The van der Waals surface area contributed by atoms with E-state index in [1.807, 2.05) is 0 Å². The third-order valence-electron chi connectivity index (χ3n) is 2.31.